The summed E-state index contributed by atoms with van der Waals surface area (Å²) in [5.41, 5.74) is -4.94. The highest BCUT2D eigenvalue weighted by molar-refractivity contribution is 7.86. The number of hydrogen-bond donors (Lipinski definition) is 2. The lowest BCUT2D eigenvalue weighted by molar-refractivity contribution is -0.142. The summed E-state index contributed by atoms with van der Waals surface area (Å²) in [5.74, 6) is -2.29. The molecule has 0 fully saturated rings. The number of fused-ring (bicyclic) bond motifs is 2. The zero-order valence-electron chi connectivity index (χ0n) is 36.4. The number of alkyl halides is 8. The number of anilines is 1. The van der Waals surface area contributed by atoms with Crippen LogP contribution in [0, 0.1) is 23.5 Å². The van der Waals surface area contributed by atoms with Crippen LogP contribution in [-0.4, -0.2) is 75.4 Å². The zero-order valence-corrected chi connectivity index (χ0v) is 38.8. The van der Waals surface area contributed by atoms with E-state index in [0.717, 1.165) is 25.4 Å². The number of benzene rings is 2. The van der Waals surface area contributed by atoms with E-state index in [1.807, 2.05) is 13.8 Å². The van der Waals surface area contributed by atoms with Crippen LogP contribution in [0.15, 0.2) is 42.5 Å². The SMILES string of the molecule is CC.CNC(=O)N(c1nn(CC(F)(F)F)c2c(-c3ccc(C#CC(C)(C)S(C)=O)nc3C(Cc3cc(F)cc(F)c3)NC(=O)Cn3nc(C(F)(F)F)c4c3C(F)(F)CC4)ccc(Cl)c12)S(C)=O. The summed E-state index contributed by atoms with van der Waals surface area (Å²) in [7, 11) is -2.64. The summed E-state index contributed by atoms with van der Waals surface area (Å²) < 4.78 is 170. The molecule has 0 radical (unpaired) electrons. The molecule has 3 unspecified atom stereocenters. The van der Waals surface area contributed by atoms with Crippen LogP contribution in [-0.2, 0) is 64.6 Å². The second-order valence-corrected chi connectivity index (χ2v) is 18.7. The fraction of sp³-hybridized carbons (Fsp3) is 0.405. The van der Waals surface area contributed by atoms with E-state index in [1.54, 1.807) is 13.8 Å². The van der Waals surface area contributed by atoms with Gasteiger partial charge in [-0.2, -0.15) is 49.6 Å². The molecule has 362 valence electrons. The van der Waals surface area contributed by atoms with Crippen molar-refractivity contribution >= 4 is 62.0 Å². The summed E-state index contributed by atoms with van der Waals surface area (Å²) in [6.45, 7) is 4.03. The van der Waals surface area contributed by atoms with Gasteiger partial charge in [0.05, 0.1) is 27.7 Å². The average Bonchev–Trinajstić information content (AvgIpc) is 3.88. The summed E-state index contributed by atoms with van der Waals surface area (Å²) in [5, 5.41) is 11.4. The largest absolute Gasteiger partial charge is 0.435 e. The Morgan fingerprint density at radius 3 is 2.15 bits per heavy atom. The number of hydrogen-bond acceptors (Lipinski definition) is 7. The monoisotopic (exact) mass is 1010 g/mol. The van der Waals surface area contributed by atoms with Crippen molar-refractivity contribution in [3.8, 4) is 23.0 Å². The van der Waals surface area contributed by atoms with Gasteiger partial charge < -0.3 is 10.6 Å². The maximum Gasteiger partial charge on any atom is 0.435 e. The first kappa shape index (κ1) is 52.4. The third-order valence-corrected chi connectivity index (χ3v) is 12.8. The minimum atomic E-state index is -5.18. The maximum atomic E-state index is 15.1. The quantitative estimate of drug-likeness (QED) is 0.0994. The fourth-order valence-corrected chi connectivity index (χ4v) is 8.24. The molecular weight excluding hydrogens is 970 g/mol. The van der Waals surface area contributed by atoms with Gasteiger partial charge in [-0.25, -0.2) is 22.8 Å². The molecule has 2 N–H and O–H groups in total. The molecular formula is C42H41ClF10N8O4S2. The van der Waals surface area contributed by atoms with Gasteiger partial charge in [0.15, 0.2) is 11.5 Å². The van der Waals surface area contributed by atoms with Gasteiger partial charge in [-0.15, -0.1) is 0 Å². The molecule has 3 aromatic heterocycles. The van der Waals surface area contributed by atoms with Crippen molar-refractivity contribution in [3.63, 3.8) is 0 Å². The Morgan fingerprint density at radius 1 is 0.955 bits per heavy atom. The van der Waals surface area contributed by atoms with Crippen LogP contribution in [0.3, 0.4) is 0 Å². The van der Waals surface area contributed by atoms with Crippen molar-refractivity contribution in [2.45, 2.75) is 89.1 Å². The molecule has 0 aliphatic heterocycles. The molecule has 3 amide bonds. The van der Waals surface area contributed by atoms with Crippen molar-refractivity contribution < 1.29 is 61.9 Å². The highest BCUT2D eigenvalue weighted by Crippen LogP contribution is 2.47. The Hall–Kier alpha value is -5.54. The Balaban J connectivity index is 0.00000414. The molecule has 3 heterocycles. The van der Waals surface area contributed by atoms with Gasteiger partial charge in [-0.3, -0.25) is 18.4 Å². The predicted molar refractivity (Wildman–Crippen MR) is 232 cm³/mol. The molecule has 0 spiro atoms. The van der Waals surface area contributed by atoms with Crippen LogP contribution in [0.25, 0.3) is 22.0 Å². The van der Waals surface area contributed by atoms with Crippen molar-refractivity contribution in [1.82, 2.24) is 35.2 Å². The third kappa shape index (κ3) is 11.6. The highest BCUT2D eigenvalue weighted by Gasteiger charge is 2.50. The van der Waals surface area contributed by atoms with E-state index in [2.05, 4.69) is 37.7 Å². The summed E-state index contributed by atoms with van der Waals surface area (Å²) in [6, 6.07) is 4.54. The second-order valence-electron chi connectivity index (χ2n) is 15.2. The first-order chi connectivity index (χ1) is 31.1. The van der Waals surface area contributed by atoms with E-state index >= 15 is 8.78 Å². The topological polar surface area (TPSA) is 144 Å². The molecule has 6 rings (SSSR count). The lowest BCUT2D eigenvalue weighted by Gasteiger charge is -2.23. The molecule has 0 bridgehead atoms. The van der Waals surface area contributed by atoms with Gasteiger partial charge in [-0.1, -0.05) is 37.4 Å². The first-order valence-electron chi connectivity index (χ1n) is 19.9. The minimum Gasteiger partial charge on any atom is -0.346 e. The first-order valence-corrected chi connectivity index (χ1v) is 23.4. The number of carbonyl (C=O) groups excluding carboxylic acids is 2. The standard InChI is InChI=1S/C40H35ClF10N8O4S2.C2H6/c1-37(2,64(4)62)12-10-23-6-7-24(25-8-9-27(41)30-32(25)58(19-39(46,47)48)56-35(30)59(65(5)63)36(61)52-3)31(53-23)28(16-20-14-21(42)17-22(43)15-20)54-29(60)18-57-34-26(11-13-38(34,44)45)33(55-57)40(49,50)51;1-2/h6-9,14-15,17,28H,11,13,16,18-19H2,1-5H3,(H,52,61)(H,54,60);1-2H3. The average molecular weight is 1010 g/mol. The van der Waals surface area contributed by atoms with Gasteiger partial charge in [0.2, 0.25) is 5.91 Å². The maximum absolute atomic E-state index is 15.1. The van der Waals surface area contributed by atoms with Crippen molar-refractivity contribution in [2.75, 3.05) is 23.9 Å². The number of nitrogens with one attached hydrogen (secondary N) is 2. The highest BCUT2D eigenvalue weighted by atomic mass is 35.5. The molecule has 12 nitrogen and oxygen atoms in total. The Bertz CT molecular complexity index is 2820. The minimum absolute atomic E-state index is 0.117. The van der Waals surface area contributed by atoms with E-state index in [0.29, 0.717) is 15.1 Å². The molecule has 1 aliphatic rings. The van der Waals surface area contributed by atoms with E-state index in [1.165, 1.54) is 30.5 Å². The van der Waals surface area contributed by atoms with Crippen LogP contribution in [0.1, 0.15) is 74.1 Å². The fourth-order valence-electron chi connectivity index (χ4n) is 7.11. The molecule has 0 saturated heterocycles. The number of aromatic nitrogens is 5. The van der Waals surface area contributed by atoms with Crippen LogP contribution in [0.2, 0.25) is 5.02 Å². The van der Waals surface area contributed by atoms with Gasteiger partial charge in [0.1, 0.15) is 51.8 Å². The van der Waals surface area contributed by atoms with Crippen molar-refractivity contribution in [1.29, 1.82) is 0 Å². The van der Waals surface area contributed by atoms with Crippen LogP contribution in [0.5, 0.6) is 0 Å². The zero-order chi connectivity index (χ0) is 50.1. The molecule has 2 aromatic carbocycles. The molecule has 5 aromatic rings. The van der Waals surface area contributed by atoms with Crippen molar-refractivity contribution in [2.24, 2.45) is 0 Å². The lowest BCUT2D eigenvalue weighted by Crippen LogP contribution is -2.39. The van der Waals surface area contributed by atoms with Crippen molar-refractivity contribution in [3.05, 3.63) is 93.0 Å². The lowest BCUT2D eigenvalue weighted by atomic mass is 9.93. The summed E-state index contributed by atoms with van der Waals surface area (Å²) in [6.07, 6.45) is -10.0. The number of halogens is 11. The molecule has 1 aliphatic carbocycles. The van der Waals surface area contributed by atoms with E-state index in [-0.39, 0.29) is 43.2 Å². The molecule has 0 saturated carbocycles. The van der Waals surface area contributed by atoms with Gasteiger partial charge in [-0.05, 0) is 68.5 Å². The molecule has 25 heteroatoms. The third-order valence-electron chi connectivity index (χ3n) is 10.1. The smallest absolute Gasteiger partial charge is 0.346 e. The Morgan fingerprint density at radius 2 is 1.58 bits per heavy atom. The van der Waals surface area contributed by atoms with E-state index in [4.69, 9.17) is 11.6 Å². The number of nitrogens with zero attached hydrogens (tertiary/aromatic N) is 6. The number of urea groups is 1. The van der Waals surface area contributed by atoms with Gasteiger partial charge in [0.25, 0.3) is 5.92 Å². The van der Waals surface area contributed by atoms with Crippen LogP contribution in [0.4, 0.5) is 54.5 Å². The van der Waals surface area contributed by atoms with Gasteiger partial charge in [0, 0.05) is 59.5 Å². The van der Waals surface area contributed by atoms with E-state index in [9.17, 15) is 53.1 Å². The normalized spacial score (nSPS) is 14.8. The molecule has 67 heavy (non-hydrogen) atoms. The number of amides is 3. The van der Waals surface area contributed by atoms with Gasteiger partial charge >= 0.3 is 18.4 Å². The molecule has 3 atom stereocenters. The number of pyridine rings is 1. The van der Waals surface area contributed by atoms with E-state index < -0.39 is 135 Å². The number of rotatable bonds is 11. The Labute approximate surface area is 386 Å². The van der Waals surface area contributed by atoms with Crippen LogP contribution >= 0.6 is 11.6 Å². The van der Waals surface area contributed by atoms with Crippen LogP contribution < -0.4 is 14.9 Å². The Kier molecular flexibility index (Phi) is 15.6. The number of carbonyl (C=O) groups is 2. The summed E-state index contributed by atoms with van der Waals surface area (Å²) in [4.78, 5) is 31.6. The second kappa shape index (κ2) is 20.0. The summed E-state index contributed by atoms with van der Waals surface area (Å²) >= 11 is 6.60. The predicted octanol–water partition coefficient (Wildman–Crippen LogP) is 8.92.